The fourth-order valence-corrected chi connectivity index (χ4v) is 16.8. The van der Waals surface area contributed by atoms with E-state index in [4.69, 9.17) is 58.6 Å². The molecule has 11 heteroatoms. The van der Waals surface area contributed by atoms with Gasteiger partial charge in [-0.25, -0.2) is 0 Å². The quantitative estimate of drug-likeness (QED) is 0.0918. The van der Waals surface area contributed by atoms with Gasteiger partial charge in [-0.15, -0.1) is 0 Å². The van der Waals surface area contributed by atoms with E-state index in [1.54, 1.807) is 0 Å². The summed E-state index contributed by atoms with van der Waals surface area (Å²) in [6.45, 7) is 4.69. The summed E-state index contributed by atoms with van der Waals surface area (Å²) < 4.78 is 6.62. The number of hydrogen-bond acceptors (Lipinski definition) is 1. The first kappa shape index (κ1) is 41.3. The third kappa shape index (κ3) is 8.84. The van der Waals surface area contributed by atoms with Crippen molar-refractivity contribution in [3.8, 4) is 11.5 Å². The molecule has 0 bridgehead atoms. The van der Waals surface area contributed by atoms with Crippen LogP contribution in [0.3, 0.4) is 0 Å². The maximum atomic E-state index is 7.37. The second kappa shape index (κ2) is 18.6. The molecule has 6 aromatic carbocycles. The molecule has 0 amide bonds. The number of hydrogen-bond donors (Lipinski definition) is 0. The molecule has 0 saturated carbocycles. The van der Waals surface area contributed by atoms with E-state index in [-0.39, 0.29) is 21.4 Å². The Morgan fingerprint density at radius 1 is 0.490 bits per heavy atom. The molecule has 0 spiro atoms. The van der Waals surface area contributed by atoms with Gasteiger partial charge in [0.1, 0.15) is 0 Å². The van der Waals surface area contributed by atoms with Crippen LogP contribution in [-0.4, -0.2) is 34.5 Å². The number of ether oxygens (including phenoxy) is 1. The fraction of sp³-hybridized carbons (Fsp3) is 0.100. The number of rotatable bonds is 6. The van der Waals surface area contributed by atoms with Crippen LogP contribution in [0.15, 0.2) is 158 Å². The zero-order valence-electron chi connectivity index (χ0n) is 27.4. The molecule has 0 fully saturated rings. The molecule has 1 nitrogen and oxygen atoms in total. The Kier molecular flexibility index (Phi) is 15.1. The van der Waals surface area contributed by atoms with E-state index in [2.05, 4.69) is 202 Å². The van der Waals surface area contributed by atoms with Gasteiger partial charge in [0.25, 0.3) is 0 Å². The minimum absolute atomic E-state index is 0.106. The van der Waals surface area contributed by atoms with Crippen LogP contribution in [0.2, 0.25) is 0 Å². The maximum absolute atomic E-state index is 7.37. The molecule has 1 aliphatic rings. The van der Waals surface area contributed by atoms with Crippen LogP contribution in [0.1, 0.15) is 25.0 Å². The van der Waals surface area contributed by atoms with Crippen molar-refractivity contribution in [2.24, 2.45) is 0 Å². The van der Waals surface area contributed by atoms with E-state index >= 15 is 0 Å². The second-order valence-corrected chi connectivity index (χ2v) is 28.6. The summed E-state index contributed by atoms with van der Waals surface area (Å²) in [5.41, 5.74) is -2.19. The van der Waals surface area contributed by atoms with Gasteiger partial charge in [-0.2, -0.15) is 0 Å². The van der Waals surface area contributed by atoms with Crippen LogP contribution in [0, 0.1) is 0 Å². The first-order valence-corrected chi connectivity index (χ1v) is 29.0. The van der Waals surface area contributed by atoms with Crippen LogP contribution < -0.4 is 36.6 Å². The van der Waals surface area contributed by atoms with Gasteiger partial charge in [0.2, 0.25) is 0 Å². The van der Waals surface area contributed by atoms with Gasteiger partial charge < -0.3 is 0 Å². The zero-order chi connectivity index (χ0) is 36.6. The van der Waals surface area contributed by atoms with Crippen molar-refractivity contribution >= 4 is 127 Å². The van der Waals surface area contributed by atoms with Crippen molar-refractivity contribution in [3.63, 3.8) is 0 Å². The van der Waals surface area contributed by atoms with Crippen LogP contribution >= 0.6 is 64.9 Å². The third-order valence-electron chi connectivity index (χ3n) is 8.70. The second-order valence-electron chi connectivity index (χ2n) is 11.9. The summed E-state index contributed by atoms with van der Waals surface area (Å²) in [5.74, 6) is 1.95. The van der Waals surface area contributed by atoms with Gasteiger partial charge in [0.05, 0.1) is 0 Å². The molecule has 0 unspecified atom stereocenters. The fourth-order valence-electron chi connectivity index (χ4n) is 6.40. The number of fused-ring (bicyclic) bond motifs is 2. The third-order valence-corrected chi connectivity index (χ3v) is 22.6. The molecule has 0 atom stereocenters. The van der Waals surface area contributed by atoms with Gasteiger partial charge >= 0.3 is 312 Å². The first-order valence-electron chi connectivity index (χ1n) is 15.6. The normalized spacial score (nSPS) is 13.0. The topological polar surface area (TPSA) is 9.23 Å². The van der Waals surface area contributed by atoms with Crippen molar-refractivity contribution in [1.29, 1.82) is 0 Å². The van der Waals surface area contributed by atoms with E-state index in [1.807, 2.05) is 0 Å². The summed E-state index contributed by atoms with van der Waals surface area (Å²) in [5, 5.41) is 7.62. The van der Waals surface area contributed by atoms with Crippen molar-refractivity contribution in [2.45, 2.75) is 23.6 Å². The molecule has 1 heterocycles. The van der Waals surface area contributed by atoms with Crippen molar-refractivity contribution in [3.05, 3.63) is 169 Å². The summed E-state index contributed by atoms with van der Waals surface area (Å²) >= 11 is 21.8. The molecular formula is C40H33Cl5OP2PdSe2. The number of benzene rings is 6. The van der Waals surface area contributed by atoms with Gasteiger partial charge in [-0.1, -0.05) is 34.8 Å². The Morgan fingerprint density at radius 2 is 0.745 bits per heavy atom. The van der Waals surface area contributed by atoms with Crippen LogP contribution in [-0.2, 0) is 21.4 Å². The van der Waals surface area contributed by atoms with Gasteiger partial charge in [0.15, 0.2) is 4.30 Å². The molecule has 0 N–H and O–H groups in total. The van der Waals surface area contributed by atoms with Crippen molar-refractivity contribution < 1.29 is 20.7 Å². The van der Waals surface area contributed by atoms with Crippen molar-refractivity contribution in [2.75, 3.05) is 0 Å². The monoisotopic (exact) mass is 1030 g/mol. The first-order chi connectivity index (χ1) is 24.5. The van der Waals surface area contributed by atoms with Gasteiger partial charge in [-0.3, -0.25) is 0 Å². The number of alkyl halides is 3. The Labute approximate surface area is 347 Å². The number of halogens is 5. The Balaban J connectivity index is 0.000000664. The predicted molar refractivity (Wildman–Crippen MR) is 227 cm³/mol. The molecule has 0 aromatic heterocycles. The standard InChI is InChI=1S/C39H32OP2Se2.CHCl3.2ClH.Pd/c1-39(2)33-25-15-27-35(41(43,29-17-7-3-8-18-29)30-19-9-4-10-20-30)37(33)40-38-34(39)26-16-28-36(38)42(44,31-21-11-5-12-22-31)32-23-13-6-14-24-32;2-1(3)4;;;/h3-28H,1-2H3;1H;2*1H;/q;;;;+2/p-2. The van der Waals surface area contributed by atoms with Gasteiger partial charge in [-0.05, 0) is 0 Å². The zero-order valence-corrected chi connectivity index (χ0v) is 38.0. The van der Waals surface area contributed by atoms with E-state index in [1.165, 1.54) is 43.0 Å². The molecule has 6 aromatic rings. The SMILES string of the molecule is CC1(C)c2cccc(P(=[Se])(c3ccccc3)c3ccccc3)c2Oc2c1cccc2P(=[Se])(c1ccccc1)c1ccccc1.ClC(Cl)Cl.[Cl][Pd][Cl]. The van der Waals surface area contributed by atoms with Gasteiger partial charge in [0, 0.05) is 0 Å². The van der Waals surface area contributed by atoms with Crippen molar-refractivity contribution in [1.82, 2.24) is 0 Å². The minimum atomic E-state index is -2.18. The molecule has 0 radical (unpaired) electrons. The molecule has 0 aliphatic carbocycles. The van der Waals surface area contributed by atoms with Crippen LogP contribution in [0.4, 0.5) is 0 Å². The Morgan fingerprint density at radius 3 is 1.00 bits per heavy atom. The molecule has 7 rings (SSSR count). The van der Waals surface area contributed by atoms with E-state index in [0.717, 1.165) is 11.5 Å². The van der Waals surface area contributed by atoms with E-state index in [9.17, 15) is 0 Å². The molecular weight excluding hydrogens is 1000 g/mol. The summed E-state index contributed by atoms with van der Waals surface area (Å²) in [7, 11) is 9.63. The van der Waals surface area contributed by atoms with E-state index < -0.39 is 15.3 Å². The molecule has 266 valence electrons. The van der Waals surface area contributed by atoms with E-state index in [0.29, 0.717) is 0 Å². The predicted octanol–water partition coefficient (Wildman–Crippen LogP) is 10.2. The molecule has 1 aliphatic heterocycles. The molecule has 51 heavy (non-hydrogen) atoms. The van der Waals surface area contributed by atoms with Crippen LogP contribution in [0.25, 0.3) is 0 Å². The average Bonchev–Trinajstić information content (AvgIpc) is 3.15. The summed E-state index contributed by atoms with van der Waals surface area (Å²) in [6.07, 6.45) is 0. The summed E-state index contributed by atoms with van der Waals surface area (Å²) in [6, 6.07) is 57.1. The summed E-state index contributed by atoms with van der Waals surface area (Å²) in [4.78, 5) is 0. The number of para-hydroxylation sites is 2. The Bertz CT molecular complexity index is 1920. The average molecular weight is 1030 g/mol. The van der Waals surface area contributed by atoms with Crippen LogP contribution in [0.5, 0.6) is 11.5 Å². The Hall–Kier alpha value is -0.869. The molecule has 0 saturated heterocycles.